The summed E-state index contributed by atoms with van der Waals surface area (Å²) in [7, 11) is 2.15. The molecule has 0 amide bonds. The Kier molecular flexibility index (Phi) is 4.32. The van der Waals surface area contributed by atoms with Crippen LogP contribution in [0.4, 0.5) is 4.39 Å². The third-order valence-electron chi connectivity index (χ3n) is 5.50. The second kappa shape index (κ2) is 6.40. The van der Waals surface area contributed by atoms with Crippen LogP contribution >= 0.6 is 11.6 Å². The zero-order valence-electron chi connectivity index (χ0n) is 15.5. The standard InChI is InChI=1S/C22H24ClFN2/c1-15-4-9-20-18(12-15)19-13-25(3)11-10-21(19)26(20)14-22(2,24)16-5-7-17(23)8-6-16/h4-9,12H,10-11,13-14H2,1-3H3. The molecule has 1 aliphatic rings. The summed E-state index contributed by atoms with van der Waals surface area (Å²) in [5, 5.41) is 1.89. The van der Waals surface area contributed by atoms with Crippen molar-refractivity contribution in [2.45, 2.75) is 39.0 Å². The molecule has 0 fully saturated rings. The van der Waals surface area contributed by atoms with Crippen LogP contribution in [0.25, 0.3) is 10.9 Å². The van der Waals surface area contributed by atoms with E-state index in [0.29, 0.717) is 17.1 Å². The second-order valence-corrected chi connectivity index (χ2v) is 8.16. The van der Waals surface area contributed by atoms with Crippen LogP contribution < -0.4 is 0 Å². The van der Waals surface area contributed by atoms with Crippen LogP contribution in [0.5, 0.6) is 0 Å². The van der Waals surface area contributed by atoms with Gasteiger partial charge in [0.1, 0.15) is 0 Å². The minimum Gasteiger partial charge on any atom is -0.341 e. The Hall–Kier alpha value is -1.84. The minimum atomic E-state index is -1.46. The molecule has 0 aliphatic carbocycles. The Morgan fingerprint density at radius 1 is 1.15 bits per heavy atom. The van der Waals surface area contributed by atoms with Crippen molar-refractivity contribution in [3.63, 3.8) is 0 Å². The number of hydrogen-bond acceptors (Lipinski definition) is 1. The summed E-state index contributed by atoms with van der Waals surface area (Å²) in [4.78, 5) is 2.34. The molecule has 0 saturated carbocycles. The predicted octanol–water partition coefficient (Wildman–Crippen LogP) is 5.48. The Labute approximate surface area is 159 Å². The molecule has 2 heterocycles. The van der Waals surface area contributed by atoms with E-state index in [9.17, 15) is 0 Å². The lowest BCUT2D eigenvalue weighted by atomic mass is 9.97. The van der Waals surface area contributed by atoms with Gasteiger partial charge in [-0.3, -0.25) is 0 Å². The normalized spacial score (nSPS) is 17.3. The fraction of sp³-hybridized carbons (Fsp3) is 0.364. The van der Waals surface area contributed by atoms with Gasteiger partial charge in [0.2, 0.25) is 0 Å². The summed E-state index contributed by atoms with van der Waals surface area (Å²) in [6, 6.07) is 13.6. The van der Waals surface area contributed by atoms with Crippen molar-refractivity contribution < 1.29 is 4.39 Å². The molecule has 2 aromatic carbocycles. The van der Waals surface area contributed by atoms with Crippen molar-refractivity contribution in [3.05, 3.63) is 69.9 Å². The van der Waals surface area contributed by atoms with Crippen LogP contribution in [0, 0.1) is 6.92 Å². The monoisotopic (exact) mass is 370 g/mol. The molecule has 26 heavy (non-hydrogen) atoms. The Bertz CT molecular complexity index is 956. The SMILES string of the molecule is Cc1ccc2c(c1)c1c(n2CC(C)(F)c2ccc(Cl)cc2)CCN(C)C1. The zero-order valence-corrected chi connectivity index (χ0v) is 16.3. The van der Waals surface area contributed by atoms with Gasteiger partial charge in [0.15, 0.2) is 5.67 Å². The van der Waals surface area contributed by atoms with E-state index in [-0.39, 0.29) is 0 Å². The number of likely N-dealkylation sites (N-methyl/N-ethyl adjacent to an activating group) is 1. The molecule has 0 saturated heterocycles. The number of alkyl halides is 1. The average molecular weight is 371 g/mol. The van der Waals surface area contributed by atoms with Gasteiger partial charge in [-0.05, 0) is 56.3 Å². The summed E-state index contributed by atoms with van der Waals surface area (Å²) in [6.07, 6.45) is 0.955. The molecule has 0 radical (unpaired) electrons. The first kappa shape index (κ1) is 17.6. The number of rotatable bonds is 3. The number of fused-ring (bicyclic) bond motifs is 3. The van der Waals surface area contributed by atoms with Gasteiger partial charge in [0, 0.05) is 41.1 Å². The molecule has 4 rings (SSSR count). The van der Waals surface area contributed by atoms with E-state index in [1.807, 2.05) is 0 Å². The number of halogens is 2. The number of aromatic nitrogens is 1. The number of nitrogens with zero attached hydrogens (tertiary/aromatic N) is 2. The lowest BCUT2D eigenvalue weighted by Gasteiger charge is -2.27. The van der Waals surface area contributed by atoms with Gasteiger partial charge in [-0.25, -0.2) is 4.39 Å². The highest BCUT2D eigenvalue weighted by Crippen LogP contribution is 2.36. The van der Waals surface area contributed by atoms with Crippen molar-refractivity contribution in [1.82, 2.24) is 9.47 Å². The highest BCUT2D eigenvalue weighted by molar-refractivity contribution is 6.30. The van der Waals surface area contributed by atoms with Crippen molar-refractivity contribution >= 4 is 22.5 Å². The van der Waals surface area contributed by atoms with Gasteiger partial charge in [0.25, 0.3) is 0 Å². The van der Waals surface area contributed by atoms with Crippen molar-refractivity contribution in [2.75, 3.05) is 13.6 Å². The number of aryl methyl sites for hydroxylation is 1. The van der Waals surface area contributed by atoms with Crippen molar-refractivity contribution in [1.29, 1.82) is 0 Å². The van der Waals surface area contributed by atoms with Crippen LogP contribution in [0.3, 0.4) is 0 Å². The van der Waals surface area contributed by atoms with Gasteiger partial charge in [-0.15, -0.1) is 0 Å². The molecule has 1 aromatic heterocycles. The molecule has 2 nitrogen and oxygen atoms in total. The van der Waals surface area contributed by atoms with Gasteiger partial charge in [-0.2, -0.15) is 0 Å². The van der Waals surface area contributed by atoms with Crippen molar-refractivity contribution in [2.24, 2.45) is 0 Å². The minimum absolute atomic E-state index is 0.313. The molecule has 3 aromatic rings. The summed E-state index contributed by atoms with van der Waals surface area (Å²) < 4.78 is 17.9. The van der Waals surface area contributed by atoms with Crippen LogP contribution in [-0.2, 0) is 25.2 Å². The fourth-order valence-corrected chi connectivity index (χ4v) is 4.19. The number of benzene rings is 2. The quantitative estimate of drug-likeness (QED) is 0.593. The first-order chi connectivity index (χ1) is 12.3. The molecule has 0 N–H and O–H groups in total. The Balaban J connectivity index is 1.82. The van der Waals surface area contributed by atoms with Gasteiger partial charge < -0.3 is 9.47 Å². The molecule has 4 heteroatoms. The fourth-order valence-electron chi connectivity index (χ4n) is 4.06. The predicted molar refractivity (Wildman–Crippen MR) is 107 cm³/mol. The molecule has 1 atom stereocenters. The molecule has 1 unspecified atom stereocenters. The van der Waals surface area contributed by atoms with E-state index in [1.54, 1.807) is 31.2 Å². The molecular formula is C22H24ClFN2. The lowest BCUT2D eigenvalue weighted by Crippen LogP contribution is -2.29. The molecular weight excluding hydrogens is 347 g/mol. The van der Waals surface area contributed by atoms with Crippen molar-refractivity contribution in [3.8, 4) is 0 Å². The number of hydrogen-bond donors (Lipinski definition) is 0. The summed E-state index contributed by atoms with van der Waals surface area (Å²) in [5.74, 6) is 0. The van der Waals surface area contributed by atoms with Crippen LogP contribution in [0.15, 0.2) is 42.5 Å². The van der Waals surface area contributed by atoms with Crippen LogP contribution in [0.1, 0.15) is 29.3 Å². The zero-order chi connectivity index (χ0) is 18.5. The highest BCUT2D eigenvalue weighted by Gasteiger charge is 2.30. The van der Waals surface area contributed by atoms with E-state index < -0.39 is 5.67 Å². The van der Waals surface area contributed by atoms with E-state index in [1.165, 1.54) is 22.2 Å². The van der Waals surface area contributed by atoms with E-state index in [4.69, 9.17) is 11.6 Å². The Morgan fingerprint density at radius 2 is 1.88 bits per heavy atom. The van der Waals surface area contributed by atoms with E-state index in [0.717, 1.165) is 25.0 Å². The smallest absolute Gasteiger partial charge is 0.151 e. The molecule has 0 spiro atoms. The Morgan fingerprint density at radius 3 is 2.62 bits per heavy atom. The second-order valence-electron chi connectivity index (χ2n) is 7.72. The molecule has 0 bridgehead atoms. The summed E-state index contributed by atoms with van der Waals surface area (Å²) in [5.41, 5.74) is 4.21. The lowest BCUT2D eigenvalue weighted by molar-refractivity contribution is 0.161. The maximum absolute atomic E-state index is 15.7. The average Bonchev–Trinajstić information content (AvgIpc) is 2.87. The maximum Gasteiger partial charge on any atom is 0.151 e. The van der Waals surface area contributed by atoms with E-state index in [2.05, 4.69) is 41.6 Å². The van der Waals surface area contributed by atoms with E-state index >= 15 is 4.39 Å². The largest absolute Gasteiger partial charge is 0.341 e. The third-order valence-corrected chi connectivity index (χ3v) is 5.75. The van der Waals surface area contributed by atoms with Gasteiger partial charge >= 0.3 is 0 Å². The molecule has 1 aliphatic heterocycles. The van der Waals surface area contributed by atoms with Crippen LogP contribution in [0.2, 0.25) is 5.02 Å². The van der Waals surface area contributed by atoms with Crippen LogP contribution in [-0.4, -0.2) is 23.1 Å². The third kappa shape index (κ3) is 3.04. The molecule has 136 valence electrons. The first-order valence-electron chi connectivity index (χ1n) is 9.09. The maximum atomic E-state index is 15.7. The van der Waals surface area contributed by atoms with Gasteiger partial charge in [-0.1, -0.05) is 35.4 Å². The first-order valence-corrected chi connectivity index (χ1v) is 9.47. The summed E-state index contributed by atoms with van der Waals surface area (Å²) in [6.45, 7) is 6.02. The topological polar surface area (TPSA) is 8.17 Å². The van der Waals surface area contributed by atoms with Gasteiger partial charge in [0.05, 0.1) is 6.54 Å². The highest BCUT2D eigenvalue weighted by atomic mass is 35.5. The summed E-state index contributed by atoms with van der Waals surface area (Å²) >= 11 is 5.97.